The summed E-state index contributed by atoms with van der Waals surface area (Å²) in [6.45, 7) is 6.23. The summed E-state index contributed by atoms with van der Waals surface area (Å²) in [5, 5.41) is 2.64. The van der Waals surface area contributed by atoms with Gasteiger partial charge in [0.15, 0.2) is 5.76 Å². The molecule has 1 aliphatic rings. The summed E-state index contributed by atoms with van der Waals surface area (Å²) < 4.78 is 5.50. The summed E-state index contributed by atoms with van der Waals surface area (Å²) in [6, 6.07) is 3.57. The Balaban J connectivity index is 2.00. The maximum absolute atomic E-state index is 12.4. The second kappa shape index (κ2) is 6.09. The first kappa shape index (κ1) is 14.6. The lowest BCUT2D eigenvalue weighted by Gasteiger charge is -2.37. The summed E-state index contributed by atoms with van der Waals surface area (Å²) in [4.78, 5) is 27.3. The van der Waals surface area contributed by atoms with Crippen LogP contribution in [0.2, 0.25) is 0 Å². The lowest BCUT2D eigenvalue weighted by Crippen LogP contribution is -2.52. The van der Waals surface area contributed by atoms with E-state index in [4.69, 9.17) is 4.42 Å². The quantitative estimate of drug-likeness (QED) is 0.884. The lowest BCUT2D eigenvalue weighted by atomic mass is 10.2. The summed E-state index contributed by atoms with van der Waals surface area (Å²) in [7, 11) is 2.05. The molecule has 2 heterocycles. The number of likely N-dealkylation sites (N-methyl/N-ethyl adjacent to an activating group) is 1. The molecule has 2 rings (SSSR count). The smallest absolute Gasteiger partial charge is 0.289 e. The van der Waals surface area contributed by atoms with Gasteiger partial charge in [-0.15, -0.1) is 0 Å². The van der Waals surface area contributed by atoms with Crippen LogP contribution in [0.25, 0.3) is 0 Å². The Morgan fingerprint density at radius 1 is 1.40 bits per heavy atom. The van der Waals surface area contributed by atoms with Crippen molar-refractivity contribution in [3.8, 4) is 0 Å². The predicted octanol–water partition coefficient (Wildman–Crippen LogP) is 0.692. The van der Waals surface area contributed by atoms with Crippen molar-refractivity contribution in [2.75, 3.05) is 26.7 Å². The minimum atomic E-state index is -0.123. The molecular formula is C14H21N3O3. The van der Waals surface area contributed by atoms with Gasteiger partial charge in [-0.1, -0.05) is 0 Å². The molecular weight excluding hydrogens is 258 g/mol. The van der Waals surface area contributed by atoms with Crippen molar-refractivity contribution in [1.29, 1.82) is 0 Å². The topological polar surface area (TPSA) is 65.8 Å². The summed E-state index contributed by atoms with van der Waals surface area (Å²) in [5.74, 6) is 0.716. The number of carbonyl (C=O) groups is 2. The van der Waals surface area contributed by atoms with E-state index in [1.807, 2.05) is 11.8 Å². The maximum Gasteiger partial charge on any atom is 0.289 e. The monoisotopic (exact) mass is 279 g/mol. The van der Waals surface area contributed by atoms with E-state index in [1.165, 1.54) is 6.92 Å². The molecule has 1 aromatic heterocycles. The van der Waals surface area contributed by atoms with Gasteiger partial charge in [0.2, 0.25) is 5.91 Å². The highest BCUT2D eigenvalue weighted by Crippen LogP contribution is 2.15. The van der Waals surface area contributed by atoms with E-state index < -0.39 is 0 Å². The zero-order valence-corrected chi connectivity index (χ0v) is 12.2. The third-order valence-electron chi connectivity index (χ3n) is 3.48. The number of hydrogen-bond donors (Lipinski definition) is 1. The second-order valence-corrected chi connectivity index (χ2v) is 5.29. The van der Waals surface area contributed by atoms with Crippen molar-refractivity contribution >= 4 is 11.8 Å². The standard InChI is InChI=1S/C14H21N3O3/c1-10-9-16(3)6-7-17(10)14(19)13-5-4-12(20-13)8-15-11(2)18/h4-5,10H,6-9H2,1-3H3,(H,15,18). The number of carbonyl (C=O) groups excluding carboxylic acids is 2. The lowest BCUT2D eigenvalue weighted by molar-refractivity contribution is -0.119. The minimum Gasteiger partial charge on any atom is -0.454 e. The van der Waals surface area contributed by atoms with Crippen molar-refractivity contribution in [2.24, 2.45) is 0 Å². The second-order valence-electron chi connectivity index (χ2n) is 5.29. The van der Waals surface area contributed by atoms with Gasteiger partial charge < -0.3 is 19.5 Å². The van der Waals surface area contributed by atoms with Crippen LogP contribution in [0.3, 0.4) is 0 Å². The number of nitrogens with one attached hydrogen (secondary N) is 1. The maximum atomic E-state index is 12.4. The molecule has 1 aromatic rings. The number of hydrogen-bond acceptors (Lipinski definition) is 4. The first-order valence-corrected chi connectivity index (χ1v) is 6.80. The number of nitrogens with zero attached hydrogens (tertiary/aromatic N) is 2. The van der Waals surface area contributed by atoms with Crippen LogP contribution in [0.1, 0.15) is 30.2 Å². The van der Waals surface area contributed by atoms with Gasteiger partial charge in [0.05, 0.1) is 6.54 Å². The van der Waals surface area contributed by atoms with Crippen molar-refractivity contribution in [1.82, 2.24) is 15.1 Å². The van der Waals surface area contributed by atoms with Crippen LogP contribution in [0, 0.1) is 0 Å². The van der Waals surface area contributed by atoms with Crippen LogP contribution < -0.4 is 5.32 Å². The molecule has 0 saturated carbocycles. The summed E-state index contributed by atoms with van der Waals surface area (Å²) in [6.07, 6.45) is 0. The highest BCUT2D eigenvalue weighted by Gasteiger charge is 2.28. The van der Waals surface area contributed by atoms with Crippen molar-refractivity contribution in [2.45, 2.75) is 26.4 Å². The molecule has 1 saturated heterocycles. The Kier molecular flexibility index (Phi) is 4.44. The Morgan fingerprint density at radius 3 is 2.80 bits per heavy atom. The van der Waals surface area contributed by atoms with E-state index >= 15 is 0 Å². The highest BCUT2D eigenvalue weighted by molar-refractivity contribution is 5.91. The van der Waals surface area contributed by atoms with Gasteiger partial charge in [-0.2, -0.15) is 0 Å². The largest absolute Gasteiger partial charge is 0.454 e. The molecule has 1 atom stereocenters. The van der Waals surface area contributed by atoms with E-state index in [0.29, 0.717) is 24.6 Å². The van der Waals surface area contributed by atoms with Crippen LogP contribution in [0.4, 0.5) is 0 Å². The van der Waals surface area contributed by atoms with Crippen LogP contribution >= 0.6 is 0 Å². The SMILES string of the molecule is CC(=O)NCc1ccc(C(=O)N2CCN(C)CC2C)o1. The fraction of sp³-hybridized carbons (Fsp3) is 0.571. The van der Waals surface area contributed by atoms with E-state index in [0.717, 1.165) is 13.1 Å². The van der Waals surface area contributed by atoms with Crippen LogP contribution in [0.15, 0.2) is 16.5 Å². The van der Waals surface area contributed by atoms with Gasteiger partial charge in [-0.05, 0) is 26.1 Å². The molecule has 1 aliphatic heterocycles. The van der Waals surface area contributed by atoms with Crippen LogP contribution in [0.5, 0.6) is 0 Å². The van der Waals surface area contributed by atoms with Crippen molar-refractivity contribution in [3.63, 3.8) is 0 Å². The highest BCUT2D eigenvalue weighted by atomic mass is 16.4. The van der Waals surface area contributed by atoms with Crippen LogP contribution in [-0.2, 0) is 11.3 Å². The van der Waals surface area contributed by atoms with E-state index in [-0.39, 0.29) is 17.9 Å². The molecule has 1 N–H and O–H groups in total. The zero-order valence-electron chi connectivity index (χ0n) is 12.2. The molecule has 0 spiro atoms. The first-order valence-electron chi connectivity index (χ1n) is 6.80. The molecule has 0 aliphatic carbocycles. The normalized spacial score (nSPS) is 19.9. The third-order valence-corrected chi connectivity index (χ3v) is 3.48. The summed E-state index contributed by atoms with van der Waals surface area (Å²) in [5.41, 5.74) is 0. The predicted molar refractivity (Wildman–Crippen MR) is 74.2 cm³/mol. The fourth-order valence-electron chi connectivity index (χ4n) is 2.38. The number of furan rings is 1. The van der Waals surface area contributed by atoms with Crippen LogP contribution in [-0.4, -0.2) is 54.3 Å². The van der Waals surface area contributed by atoms with Crippen molar-refractivity contribution in [3.05, 3.63) is 23.7 Å². The van der Waals surface area contributed by atoms with Gasteiger partial charge in [-0.25, -0.2) is 0 Å². The Labute approximate surface area is 118 Å². The third kappa shape index (κ3) is 3.39. The molecule has 1 fully saturated rings. The number of piperazine rings is 1. The van der Waals surface area contributed by atoms with E-state index in [2.05, 4.69) is 17.3 Å². The molecule has 0 bridgehead atoms. The van der Waals surface area contributed by atoms with Gasteiger partial charge in [0, 0.05) is 32.6 Å². The van der Waals surface area contributed by atoms with Crippen molar-refractivity contribution < 1.29 is 14.0 Å². The fourth-order valence-corrected chi connectivity index (χ4v) is 2.38. The molecule has 6 nitrogen and oxygen atoms in total. The Hall–Kier alpha value is -1.82. The van der Waals surface area contributed by atoms with E-state index in [1.54, 1.807) is 12.1 Å². The average molecular weight is 279 g/mol. The number of rotatable bonds is 3. The molecule has 0 aromatic carbocycles. The minimum absolute atomic E-state index is 0.0836. The molecule has 110 valence electrons. The average Bonchev–Trinajstić information content (AvgIpc) is 2.84. The Morgan fingerprint density at radius 2 is 2.15 bits per heavy atom. The van der Waals surface area contributed by atoms with Gasteiger partial charge in [0.1, 0.15) is 5.76 Å². The summed E-state index contributed by atoms with van der Waals surface area (Å²) >= 11 is 0. The molecule has 6 heteroatoms. The molecule has 1 unspecified atom stereocenters. The number of amides is 2. The molecule has 2 amide bonds. The van der Waals surface area contributed by atoms with E-state index in [9.17, 15) is 9.59 Å². The van der Waals surface area contributed by atoms with Gasteiger partial charge >= 0.3 is 0 Å². The molecule has 20 heavy (non-hydrogen) atoms. The zero-order chi connectivity index (χ0) is 14.7. The first-order chi connectivity index (χ1) is 9.47. The van der Waals surface area contributed by atoms with Gasteiger partial charge in [-0.3, -0.25) is 9.59 Å². The van der Waals surface area contributed by atoms with Gasteiger partial charge in [0.25, 0.3) is 5.91 Å². The molecule has 0 radical (unpaired) electrons. The Bertz CT molecular complexity index is 498.